The van der Waals surface area contributed by atoms with Crippen molar-refractivity contribution in [3.05, 3.63) is 194 Å². The van der Waals surface area contributed by atoms with E-state index in [-0.39, 0.29) is 0 Å². The lowest BCUT2D eigenvalue weighted by Crippen LogP contribution is -2.10. The first-order chi connectivity index (χ1) is 27.2. The van der Waals surface area contributed by atoms with E-state index in [4.69, 9.17) is 13.8 Å². The highest BCUT2D eigenvalue weighted by Gasteiger charge is 2.24. The minimum Gasteiger partial charge on any atom is -0.455 e. The molecule has 11 aromatic rings. The Morgan fingerprint density at radius 3 is 1.80 bits per heavy atom. The van der Waals surface area contributed by atoms with Gasteiger partial charge in [0.1, 0.15) is 16.7 Å². The molecule has 0 fully saturated rings. The molecular weight excluding hydrogens is 673 g/mol. The molecule has 9 aromatic carbocycles. The van der Waals surface area contributed by atoms with Crippen LogP contribution in [0.2, 0.25) is 0 Å². The number of nitrogens with zero attached hydrogens (tertiary/aromatic N) is 2. The van der Waals surface area contributed by atoms with Crippen LogP contribution in [0.25, 0.3) is 88.3 Å². The molecule has 0 bridgehead atoms. The predicted molar refractivity (Wildman–Crippen MR) is 227 cm³/mol. The summed E-state index contributed by atoms with van der Waals surface area (Å²) in [4.78, 5) is 7.29. The highest BCUT2D eigenvalue weighted by atomic mass is 16.4. The molecule has 0 spiro atoms. The largest absolute Gasteiger partial charge is 0.455 e. The summed E-state index contributed by atoms with van der Waals surface area (Å²) in [5.74, 6) is 0.543. The molecule has 258 valence electrons. The fraction of sp³-hybridized carbons (Fsp3) is 0. The Balaban J connectivity index is 1.12. The lowest BCUT2D eigenvalue weighted by molar-refractivity contribution is 0.616. The van der Waals surface area contributed by atoms with Gasteiger partial charge in [-0.1, -0.05) is 133 Å². The van der Waals surface area contributed by atoms with Crippen molar-refractivity contribution < 1.29 is 8.83 Å². The maximum atomic E-state index is 6.87. The predicted octanol–water partition coefficient (Wildman–Crippen LogP) is 14.5. The lowest BCUT2D eigenvalue weighted by atomic mass is 9.98. The van der Waals surface area contributed by atoms with Gasteiger partial charge in [-0.15, -0.1) is 0 Å². The first-order valence-electron chi connectivity index (χ1n) is 18.5. The zero-order valence-electron chi connectivity index (χ0n) is 29.7. The van der Waals surface area contributed by atoms with Gasteiger partial charge in [0.05, 0.1) is 16.6 Å². The van der Waals surface area contributed by atoms with Crippen molar-refractivity contribution in [2.24, 2.45) is 0 Å². The van der Waals surface area contributed by atoms with Gasteiger partial charge in [0.2, 0.25) is 5.89 Å². The van der Waals surface area contributed by atoms with Crippen LogP contribution in [0, 0.1) is 0 Å². The van der Waals surface area contributed by atoms with E-state index >= 15 is 0 Å². The molecule has 4 heteroatoms. The summed E-state index contributed by atoms with van der Waals surface area (Å²) in [7, 11) is 0. The average molecular weight is 705 g/mol. The third-order valence-electron chi connectivity index (χ3n) is 10.7. The molecule has 0 atom stereocenters. The molecule has 2 heterocycles. The molecule has 0 saturated carbocycles. The fourth-order valence-electron chi connectivity index (χ4n) is 8.02. The number of oxazole rings is 1. The Morgan fingerprint density at radius 2 is 1.02 bits per heavy atom. The van der Waals surface area contributed by atoms with Crippen LogP contribution in [-0.4, -0.2) is 4.98 Å². The molecule has 0 aliphatic heterocycles. The van der Waals surface area contributed by atoms with Crippen molar-refractivity contribution in [1.29, 1.82) is 0 Å². The van der Waals surface area contributed by atoms with Crippen LogP contribution in [0.15, 0.2) is 203 Å². The van der Waals surface area contributed by atoms with E-state index in [1.807, 2.05) is 24.3 Å². The van der Waals surface area contributed by atoms with Crippen LogP contribution in [0.5, 0.6) is 0 Å². The fourth-order valence-corrected chi connectivity index (χ4v) is 8.02. The second-order valence-electron chi connectivity index (χ2n) is 13.9. The maximum Gasteiger partial charge on any atom is 0.231 e. The lowest BCUT2D eigenvalue weighted by Gasteiger charge is -2.26. The highest BCUT2D eigenvalue weighted by Crippen LogP contribution is 2.47. The Hall–Kier alpha value is -7.43. The second-order valence-corrected chi connectivity index (χ2v) is 13.9. The van der Waals surface area contributed by atoms with Gasteiger partial charge in [-0.2, -0.15) is 0 Å². The third kappa shape index (κ3) is 5.26. The minimum atomic E-state index is 0.543. The highest BCUT2D eigenvalue weighted by molar-refractivity contribution is 6.21. The summed E-state index contributed by atoms with van der Waals surface area (Å²) in [5, 5.41) is 6.60. The van der Waals surface area contributed by atoms with Gasteiger partial charge in [0.25, 0.3) is 0 Å². The van der Waals surface area contributed by atoms with Gasteiger partial charge in [0.15, 0.2) is 5.58 Å². The molecule has 0 aliphatic rings. The molecule has 11 rings (SSSR count). The van der Waals surface area contributed by atoms with E-state index in [0.717, 1.165) is 77.6 Å². The molecule has 0 unspecified atom stereocenters. The van der Waals surface area contributed by atoms with E-state index in [9.17, 15) is 0 Å². The summed E-state index contributed by atoms with van der Waals surface area (Å²) in [6.07, 6.45) is 0. The summed E-state index contributed by atoms with van der Waals surface area (Å²) < 4.78 is 13.3. The molecule has 0 N–H and O–H groups in total. The quantitative estimate of drug-likeness (QED) is 0.173. The number of anilines is 3. The number of rotatable bonds is 6. The molecule has 4 nitrogen and oxygen atoms in total. The third-order valence-corrected chi connectivity index (χ3v) is 10.7. The van der Waals surface area contributed by atoms with Crippen LogP contribution in [0.4, 0.5) is 17.1 Å². The van der Waals surface area contributed by atoms with Crippen molar-refractivity contribution in [2.75, 3.05) is 4.90 Å². The number of fused-ring (bicyclic) bond motifs is 6. The van der Waals surface area contributed by atoms with Crippen LogP contribution >= 0.6 is 0 Å². The Kier molecular flexibility index (Phi) is 7.14. The Morgan fingerprint density at radius 1 is 0.400 bits per heavy atom. The SMILES string of the molecule is c1ccc(-c2ccc(N(c3ccc(-c4ccc5ccccc5c4)cc3)c3cccc4oc5c(-c6nc7ccccc7o6)c6ccccc6cc5c34)cc2)cc1. The number of furan rings is 1. The number of hydrogen-bond donors (Lipinski definition) is 0. The smallest absolute Gasteiger partial charge is 0.231 e. The number of hydrogen-bond acceptors (Lipinski definition) is 4. The average Bonchev–Trinajstić information content (AvgIpc) is 3.85. The normalized spacial score (nSPS) is 11.6. The van der Waals surface area contributed by atoms with Crippen molar-refractivity contribution in [3.63, 3.8) is 0 Å². The minimum absolute atomic E-state index is 0.543. The van der Waals surface area contributed by atoms with Crippen LogP contribution in [-0.2, 0) is 0 Å². The summed E-state index contributed by atoms with van der Waals surface area (Å²) in [6.45, 7) is 0. The van der Waals surface area contributed by atoms with Crippen molar-refractivity contribution >= 4 is 71.6 Å². The van der Waals surface area contributed by atoms with Crippen LogP contribution in [0.3, 0.4) is 0 Å². The molecule has 2 aromatic heterocycles. The molecule has 0 saturated heterocycles. The van der Waals surface area contributed by atoms with Gasteiger partial charge in [-0.25, -0.2) is 4.98 Å². The zero-order valence-corrected chi connectivity index (χ0v) is 29.7. The second kappa shape index (κ2) is 12.6. The summed E-state index contributed by atoms with van der Waals surface area (Å²) in [6, 6.07) is 68.2. The van der Waals surface area contributed by atoms with Gasteiger partial charge >= 0.3 is 0 Å². The summed E-state index contributed by atoms with van der Waals surface area (Å²) in [5.41, 5.74) is 11.7. The standard InChI is InChI=1S/C51H32N2O2/c1-2-11-33(12-3-1)35-23-27-40(28-24-35)53(41-29-25-36(26-30-41)38-22-21-34-13-4-5-14-37(34)31-38)45-18-10-20-47-48(45)43-32-39-15-6-7-16-42(39)49(50(43)54-47)51-52-44-17-8-9-19-46(44)55-51/h1-32H. The van der Waals surface area contributed by atoms with Gasteiger partial charge in [-0.3, -0.25) is 0 Å². The number of para-hydroxylation sites is 2. The van der Waals surface area contributed by atoms with Crippen molar-refractivity contribution in [3.8, 4) is 33.7 Å². The summed E-state index contributed by atoms with van der Waals surface area (Å²) >= 11 is 0. The van der Waals surface area contributed by atoms with E-state index in [2.05, 4.69) is 175 Å². The van der Waals surface area contributed by atoms with E-state index in [1.54, 1.807) is 0 Å². The van der Waals surface area contributed by atoms with Crippen molar-refractivity contribution in [2.45, 2.75) is 0 Å². The van der Waals surface area contributed by atoms with Crippen molar-refractivity contribution in [1.82, 2.24) is 4.98 Å². The van der Waals surface area contributed by atoms with E-state index in [1.165, 1.54) is 21.9 Å². The number of aromatic nitrogens is 1. The van der Waals surface area contributed by atoms with Gasteiger partial charge < -0.3 is 13.7 Å². The van der Waals surface area contributed by atoms with E-state index in [0.29, 0.717) is 5.89 Å². The molecule has 0 amide bonds. The van der Waals surface area contributed by atoms with Crippen LogP contribution < -0.4 is 4.90 Å². The first-order valence-corrected chi connectivity index (χ1v) is 18.5. The van der Waals surface area contributed by atoms with Gasteiger partial charge in [-0.05, 0) is 104 Å². The molecular formula is C51H32N2O2. The topological polar surface area (TPSA) is 42.4 Å². The maximum absolute atomic E-state index is 6.87. The van der Waals surface area contributed by atoms with E-state index < -0.39 is 0 Å². The Labute approximate surface area is 317 Å². The molecule has 0 aliphatic carbocycles. The Bertz CT molecular complexity index is 3160. The molecule has 55 heavy (non-hydrogen) atoms. The van der Waals surface area contributed by atoms with Gasteiger partial charge in [0, 0.05) is 16.8 Å². The monoisotopic (exact) mass is 704 g/mol. The molecule has 0 radical (unpaired) electrons. The first kappa shape index (κ1) is 31.1. The number of benzene rings is 9. The van der Waals surface area contributed by atoms with Crippen LogP contribution in [0.1, 0.15) is 0 Å². The zero-order chi connectivity index (χ0) is 36.3.